The van der Waals surface area contributed by atoms with Gasteiger partial charge in [-0.05, 0) is 19.1 Å². The third-order valence-corrected chi connectivity index (χ3v) is 3.27. The molecule has 0 saturated heterocycles. The molecule has 1 aliphatic heterocycles. The Kier molecular flexibility index (Phi) is 3.87. The summed E-state index contributed by atoms with van der Waals surface area (Å²) in [4.78, 5) is 2.22. The fraction of sp³-hybridized carbons (Fsp3) is 0.462. The van der Waals surface area contributed by atoms with Crippen molar-refractivity contribution in [2.24, 2.45) is 5.73 Å². The minimum atomic E-state index is 0. The highest BCUT2D eigenvalue weighted by atomic mass is 35.5. The van der Waals surface area contributed by atoms with Crippen molar-refractivity contribution in [1.29, 1.82) is 0 Å². The molecule has 1 aromatic heterocycles. The van der Waals surface area contributed by atoms with E-state index in [9.17, 15) is 0 Å². The van der Waals surface area contributed by atoms with E-state index in [1.807, 2.05) is 23.9 Å². The van der Waals surface area contributed by atoms with Crippen molar-refractivity contribution in [3.8, 4) is 5.75 Å². The molecule has 2 heterocycles. The van der Waals surface area contributed by atoms with Gasteiger partial charge in [0.2, 0.25) is 0 Å². The van der Waals surface area contributed by atoms with Gasteiger partial charge >= 0.3 is 0 Å². The van der Waals surface area contributed by atoms with Gasteiger partial charge in [-0.2, -0.15) is 5.10 Å². The van der Waals surface area contributed by atoms with Crippen molar-refractivity contribution in [1.82, 2.24) is 9.78 Å². The molecule has 1 aromatic carbocycles. The highest BCUT2D eigenvalue weighted by Gasteiger charge is 2.21. The van der Waals surface area contributed by atoms with Crippen LogP contribution < -0.4 is 15.4 Å². The Morgan fingerprint density at radius 2 is 2.26 bits per heavy atom. The third kappa shape index (κ3) is 2.35. The third-order valence-electron chi connectivity index (χ3n) is 3.27. The molecule has 0 unspecified atom stereocenters. The minimum Gasteiger partial charge on any atom is -0.489 e. The number of rotatable bonds is 2. The van der Waals surface area contributed by atoms with Crippen molar-refractivity contribution in [3.63, 3.8) is 0 Å². The van der Waals surface area contributed by atoms with Gasteiger partial charge in [0.1, 0.15) is 18.0 Å². The minimum absolute atomic E-state index is 0. The number of aromatic nitrogens is 2. The molecule has 0 radical (unpaired) electrons. The lowest BCUT2D eigenvalue weighted by Gasteiger charge is -2.28. The maximum atomic E-state index is 5.88. The van der Waals surface area contributed by atoms with E-state index in [1.54, 1.807) is 0 Å². The predicted octanol–water partition coefficient (Wildman–Crippen LogP) is 1.63. The molecule has 3 rings (SSSR count). The first kappa shape index (κ1) is 14.0. The predicted molar refractivity (Wildman–Crippen MR) is 79.4 cm³/mol. The first-order valence-corrected chi connectivity index (χ1v) is 6.25. The molecule has 2 aromatic rings. The molecule has 0 saturated carbocycles. The molecule has 0 aliphatic carbocycles. The standard InChI is InChI=1S/C13H18N4O.ClH/c1-9(14)8-17-12-10(7-15-17)3-4-11-13(12)16(2)5-6-18-11;/h3-4,7,9H,5-6,8,14H2,1-2H3;1H/t9-;/m0./s1. The number of likely N-dealkylation sites (N-methyl/N-ethyl adjacent to an activating group) is 1. The topological polar surface area (TPSA) is 56.3 Å². The second-order valence-electron chi connectivity index (χ2n) is 4.92. The summed E-state index contributed by atoms with van der Waals surface area (Å²) in [7, 11) is 2.09. The van der Waals surface area contributed by atoms with E-state index >= 15 is 0 Å². The van der Waals surface area contributed by atoms with Crippen LogP contribution in [-0.2, 0) is 6.54 Å². The van der Waals surface area contributed by atoms with Gasteiger partial charge in [0.25, 0.3) is 0 Å². The summed E-state index contributed by atoms with van der Waals surface area (Å²) in [5.41, 5.74) is 8.12. The molecule has 1 atom stereocenters. The average molecular weight is 283 g/mol. The van der Waals surface area contributed by atoms with Crippen molar-refractivity contribution in [2.75, 3.05) is 25.1 Å². The molecule has 6 heteroatoms. The molecule has 1 aliphatic rings. The Labute approximate surface area is 118 Å². The smallest absolute Gasteiger partial charge is 0.144 e. The largest absolute Gasteiger partial charge is 0.489 e. The number of nitrogens with zero attached hydrogens (tertiary/aromatic N) is 3. The summed E-state index contributed by atoms with van der Waals surface area (Å²) in [5, 5.41) is 5.56. The van der Waals surface area contributed by atoms with E-state index in [0.29, 0.717) is 6.54 Å². The number of benzene rings is 1. The molecule has 0 amide bonds. The van der Waals surface area contributed by atoms with Gasteiger partial charge in [0, 0.05) is 18.5 Å². The molecule has 0 spiro atoms. The molecule has 0 fully saturated rings. The maximum absolute atomic E-state index is 5.88. The van der Waals surface area contributed by atoms with Crippen molar-refractivity contribution >= 4 is 29.0 Å². The summed E-state index contributed by atoms with van der Waals surface area (Å²) in [6.45, 7) is 4.34. The maximum Gasteiger partial charge on any atom is 0.144 e. The van der Waals surface area contributed by atoms with E-state index in [4.69, 9.17) is 10.5 Å². The lowest BCUT2D eigenvalue weighted by atomic mass is 10.1. The lowest BCUT2D eigenvalue weighted by molar-refractivity contribution is 0.312. The summed E-state index contributed by atoms with van der Waals surface area (Å²) < 4.78 is 7.69. The van der Waals surface area contributed by atoms with Crippen LogP contribution >= 0.6 is 12.4 Å². The van der Waals surface area contributed by atoms with Gasteiger partial charge in [-0.1, -0.05) is 0 Å². The highest BCUT2D eigenvalue weighted by molar-refractivity contribution is 5.95. The average Bonchev–Trinajstić information content (AvgIpc) is 2.72. The van der Waals surface area contributed by atoms with E-state index in [-0.39, 0.29) is 18.4 Å². The quantitative estimate of drug-likeness (QED) is 0.910. The van der Waals surface area contributed by atoms with Gasteiger partial charge in [-0.25, -0.2) is 0 Å². The Bertz CT molecular complexity index is 581. The van der Waals surface area contributed by atoms with Crippen molar-refractivity contribution < 1.29 is 4.74 Å². The first-order valence-electron chi connectivity index (χ1n) is 6.25. The van der Waals surface area contributed by atoms with Crippen LogP contribution in [0.5, 0.6) is 5.75 Å². The fourth-order valence-electron chi connectivity index (χ4n) is 2.44. The van der Waals surface area contributed by atoms with E-state index in [0.717, 1.165) is 35.5 Å². The summed E-state index contributed by atoms with van der Waals surface area (Å²) in [5.74, 6) is 0.933. The number of fused-ring (bicyclic) bond motifs is 3. The van der Waals surface area contributed by atoms with Crippen LogP contribution in [0.15, 0.2) is 18.3 Å². The zero-order valence-electron chi connectivity index (χ0n) is 11.2. The van der Waals surface area contributed by atoms with Crippen molar-refractivity contribution in [2.45, 2.75) is 19.5 Å². The zero-order chi connectivity index (χ0) is 12.7. The molecular weight excluding hydrogens is 264 g/mol. The van der Waals surface area contributed by atoms with Crippen LogP contribution in [0.1, 0.15) is 6.92 Å². The summed E-state index contributed by atoms with van der Waals surface area (Å²) in [6, 6.07) is 4.15. The van der Waals surface area contributed by atoms with Crippen LogP contribution in [0, 0.1) is 0 Å². The molecule has 104 valence electrons. The monoisotopic (exact) mass is 282 g/mol. The Morgan fingerprint density at radius 3 is 3.00 bits per heavy atom. The lowest BCUT2D eigenvalue weighted by Crippen LogP contribution is -2.30. The Balaban J connectivity index is 0.00000133. The molecule has 19 heavy (non-hydrogen) atoms. The van der Waals surface area contributed by atoms with Gasteiger partial charge in [0.15, 0.2) is 0 Å². The number of hydrogen-bond acceptors (Lipinski definition) is 4. The SMILES string of the molecule is C[C@H](N)Cn1ncc2ccc3c(c21)N(C)CCO3.Cl. The van der Waals surface area contributed by atoms with E-state index in [1.165, 1.54) is 0 Å². The van der Waals surface area contributed by atoms with Crippen molar-refractivity contribution in [3.05, 3.63) is 18.3 Å². The van der Waals surface area contributed by atoms with Gasteiger partial charge in [-0.15, -0.1) is 12.4 Å². The molecule has 5 nitrogen and oxygen atoms in total. The Morgan fingerprint density at radius 1 is 1.47 bits per heavy atom. The van der Waals surface area contributed by atoms with Crippen LogP contribution in [0.25, 0.3) is 10.9 Å². The second-order valence-corrected chi connectivity index (χ2v) is 4.92. The normalized spacial score (nSPS) is 15.6. The van der Waals surface area contributed by atoms with Crippen LogP contribution in [0.2, 0.25) is 0 Å². The summed E-state index contributed by atoms with van der Waals surface area (Å²) in [6.07, 6.45) is 1.89. The summed E-state index contributed by atoms with van der Waals surface area (Å²) >= 11 is 0. The fourth-order valence-corrected chi connectivity index (χ4v) is 2.44. The molecule has 2 N–H and O–H groups in total. The van der Waals surface area contributed by atoms with E-state index in [2.05, 4.69) is 23.1 Å². The van der Waals surface area contributed by atoms with E-state index < -0.39 is 0 Å². The molecular formula is C13H19ClN4O. The number of ether oxygens (including phenoxy) is 1. The molecule has 0 bridgehead atoms. The number of halogens is 1. The van der Waals surface area contributed by atoms with Gasteiger partial charge < -0.3 is 15.4 Å². The number of nitrogens with two attached hydrogens (primary N) is 1. The Hall–Kier alpha value is -1.46. The van der Waals surface area contributed by atoms with Crippen LogP contribution in [0.3, 0.4) is 0 Å². The van der Waals surface area contributed by atoms with Gasteiger partial charge in [0.05, 0.1) is 24.8 Å². The van der Waals surface area contributed by atoms with Crippen LogP contribution in [-0.4, -0.2) is 36.0 Å². The highest BCUT2D eigenvalue weighted by Crippen LogP contribution is 2.37. The second kappa shape index (κ2) is 5.27. The van der Waals surface area contributed by atoms with Crippen LogP contribution in [0.4, 0.5) is 5.69 Å². The number of anilines is 1. The van der Waals surface area contributed by atoms with Gasteiger partial charge in [-0.3, -0.25) is 4.68 Å². The first-order chi connectivity index (χ1) is 8.66. The number of hydrogen-bond donors (Lipinski definition) is 1. The zero-order valence-corrected chi connectivity index (χ0v) is 12.0.